The van der Waals surface area contributed by atoms with Gasteiger partial charge >= 0.3 is 0 Å². The van der Waals surface area contributed by atoms with Crippen molar-refractivity contribution in [3.63, 3.8) is 0 Å². The normalized spacial score (nSPS) is 12.7. The van der Waals surface area contributed by atoms with Crippen molar-refractivity contribution >= 4 is 17.3 Å². The molecule has 0 aliphatic carbocycles. The van der Waals surface area contributed by atoms with Crippen molar-refractivity contribution in [3.8, 4) is 0 Å². The quantitative estimate of drug-likeness (QED) is 0.668. The third-order valence-corrected chi connectivity index (χ3v) is 2.55. The molecule has 2 nitrogen and oxygen atoms in total. The summed E-state index contributed by atoms with van der Waals surface area (Å²) in [5, 5.41) is 7.15. The molecule has 13 heavy (non-hydrogen) atoms. The van der Waals surface area contributed by atoms with Gasteiger partial charge in [-0.15, -0.1) is 0 Å². The summed E-state index contributed by atoms with van der Waals surface area (Å²) < 4.78 is 0. The summed E-state index contributed by atoms with van der Waals surface area (Å²) in [5.41, 5.74) is 0. The molecular weight excluding hydrogens is 180 g/mol. The first kappa shape index (κ1) is 12.7. The van der Waals surface area contributed by atoms with Crippen molar-refractivity contribution in [2.75, 3.05) is 13.1 Å². The van der Waals surface area contributed by atoms with E-state index in [0.29, 0.717) is 11.8 Å². The molecule has 1 unspecified atom stereocenters. The molecule has 0 saturated carbocycles. The summed E-state index contributed by atoms with van der Waals surface area (Å²) in [7, 11) is 0. The molecular formula is C10H22N2S. The fraction of sp³-hybridized carbons (Fsp3) is 0.900. The first-order valence-electron chi connectivity index (χ1n) is 5.09. The smallest absolute Gasteiger partial charge is 0.166 e. The minimum atomic E-state index is 0.668. The molecule has 0 aromatic rings. The Morgan fingerprint density at radius 3 is 2.31 bits per heavy atom. The fourth-order valence-corrected chi connectivity index (χ4v) is 0.976. The van der Waals surface area contributed by atoms with Gasteiger partial charge in [-0.1, -0.05) is 27.7 Å². The number of nitrogens with one attached hydrogen (secondary N) is 2. The average Bonchev–Trinajstić information content (AvgIpc) is 2.10. The lowest BCUT2D eigenvalue weighted by molar-refractivity contribution is 0.415. The predicted molar refractivity (Wildman–Crippen MR) is 62.9 cm³/mol. The second-order valence-electron chi connectivity index (χ2n) is 3.86. The number of hydrogen-bond donors (Lipinski definition) is 2. The lowest BCUT2D eigenvalue weighted by atomic mass is 9.98. The zero-order valence-corrected chi connectivity index (χ0v) is 10.0. The van der Waals surface area contributed by atoms with Gasteiger partial charge in [-0.2, -0.15) is 0 Å². The maximum atomic E-state index is 5.10. The van der Waals surface area contributed by atoms with Crippen LogP contribution < -0.4 is 10.6 Å². The van der Waals surface area contributed by atoms with Gasteiger partial charge in [0.05, 0.1) is 0 Å². The summed E-state index contributed by atoms with van der Waals surface area (Å²) in [6.07, 6.45) is 1.11. The van der Waals surface area contributed by atoms with Crippen LogP contribution in [-0.4, -0.2) is 18.2 Å². The minimum absolute atomic E-state index is 0.668. The fourth-order valence-electron chi connectivity index (χ4n) is 0.790. The van der Waals surface area contributed by atoms with Gasteiger partial charge in [0.2, 0.25) is 0 Å². The highest BCUT2D eigenvalue weighted by Crippen LogP contribution is 2.07. The SMILES string of the molecule is CCCNC(=S)NCC(C)C(C)C. The summed E-state index contributed by atoms with van der Waals surface area (Å²) >= 11 is 5.10. The van der Waals surface area contributed by atoms with Crippen LogP contribution in [0.1, 0.15) is 34.1 Å². The number of hydrogen-bond acceptors (Lipinski definition) is 1. The first-order chi connectivity index (χ1) is 6.07. The maximum absolute atomic E-state index is 5.10. The van der Waals surface area contributed by atoms with Crippen molar-refractivity contribution < 1.29 is 0 Å². The van der Waals surface area contributed by atoms with Crippen molar-refractivity contribution in [1.29, 1.82) is 0 Å². The zero-order valence-electron chi connectivity index (χ0n) is 9.18. The molecule has 0 radical (unpaired) electrons. The van der Waals surface area contributed by atoms with Gasteiger partial charge in [0.15, 0.2) is 5.11 Å². The van der Waals surface area contributed by atoms with Crippen LogP contribution in [0.3, 0.4) is 0 Å². The molecule has 2 N–H and O–H groups in total. The summed E-state index contributed by atoms with van der Waals surface area (Å²) in [4.78, 5) is 0. The van der Waals surface area contributed by atoms with Gasteiger partial charge in [-0.25, -0.2) is 0 Å². The third kappa shape index (κ3) is 6.82. The van der Waals surface area contributed by atoms with E-state index in [4.69, 9.17) is 12.2 Å². The highest BCUT2D eigenvalue weighted by atomic mass is 32.1. The minimum Gasteiger partial charge on any atom is -0.363 e. The van der Waals surface area contributed by atoms with E-state index in [1.54, 1.807) is 0 Å². The Morgan fingerprint density at radius 1 is 1.23 bits per heavy atom. The molecule has 0 amide bonds. The van der Waals surface area contributed by atoms with Gasteiger partial charge < -0.3 is 10.6 Å². The highest BCUT2D eigenvalue weighted by molar-refractivity contribution is 7.80. The molecule has 0 bridgehead atoms. The molecule has 3 heteroatoms. The molecule has 0 aliphatic heterocycles. The van der Waals surface area contributed by atoms with Gasteiger partial charge in [0.1, 0.15) is 0 Å². The van der Waals surface area contributed by atoms with E-state index in [9.17, 15) is 0 Å². The monoisotopic (exact) mass is 202 g/mol. The van der Waals surface area contributed by atoms with Crippen LogP contribution in [-0.2, 0) is 0 Å². The largest absolute Gasteiger partial charge is 0.363 e. The second-order valence-corrected chi connectivity index (χ2v) is 4.27. The van der Waals surface area contributed by atoms with Crippen LogP contribution in [0.5, 0.6) is 0 Å². The third-order valence-electron chi connectivity index (χ3n) is 2.26. The second kappa shape index (κ2) is 7.13. The Labute approximate surface area is 87.5 Å². The summed E-state index contributed by atoms with van der Waals surface area (Å²) in [6.45, 7) is 10.8. The Hall–Kier alpha value is -0.310. The average molecular weight is 202 g/mol. The Morgan fingerprint density at radius 2 is 1.85 bits per heavy atom. The molecule has 0 aliphatic rings. The molecule has 0 saturated heterocycles. The lowest BCUT2D eigenvalue weighted by Gasteiger charge is -2.17. The van der Waals surface area contributed by atoms with Crippen molar-refractivity contribution in [3.05, 3.63) is 0 Å². The van der Waals surface area contributed by atoms with E-state index >= 15 is 0 Å². The first-order valence-corrected chi connectivity index (χ1v) is 5.50. The number of thiocarbonyl (C=S) groups is 1. The summed E-state index contributed by atoms with van der Waals surface area (Å²) in [5.74, 6) is 1.38. The van der Waals surface area contributed by atoms with E-state index in [1.807, 2.05) is 0 Å². The molecule has 0 aromatic carbocycles. The molecule has 78 valence electrons. The topological polar surface area (TPSA) is 24.1 Å². The van der Waals surface area contributed by atoms with Gasteiger partial charge in [0.25, 0.3) is 0 Å². The van der Waals surface area contributed by atoms with E-state index in [0.717, 1.165) is 24.6 Å². The van der Waals surface area contributed by atoms with Gasteiger partial charge in [-0.3, -0.25) is 0 Å². The van der Waals surface area contributed by atoms with Crippen LogP contribution in [0.15, 0.2) is 0 Å². The van der Waals surface area contributed by atoms with E-state index in [2.05, 4.69) is 38.3 Å². The van der Waals surface area contributed by atoms with E-state index in [1.165, 1.54) is 0 Å². The van der Waals surface area contributed by atoms with Crippen LogP contribution in [0, 0.1) is 11.8 Å². The van der Waals surface area contributed by atoms with Crippen molar-refractivity contribution in [2.45, 2.75) is 34.1 Å². The van der Waals surface area contributed by atoms with Gasteiger partial charge in [0, 0.05) is 13.1 Å². The van der Waals surface area contributed by atoms with Gasteiger partial charge in [-0.05, 0) is 30.5 Å². The van der Waals surface area contributed by atoms with Crippen molar-refractivity contribution in [1.82, 2.24) is 10.6 Å². The Bertz CT molecular complexity index is 146. The summed E-state index contributed by atoms with van der Waals surface area (Å²) in [6, 6.07) is 0. The van der Waals surface area contributed by atoms with Crippen molar-refractivity contribution in [2.24, 2.45) is 11.8 Å². The highest BCUT2D eigenvalue weighted by Gasteiger charge is 2.06. The predicted octanol–water partition coefficient (Wildman–Crippen LogP) is 2.15. The van der Waals surface area contributed by atoms with Crippen LogP contribution in [0.2, 0.25) is 0 Å². The van der Waals surface area contributed by atoms with Crippen LogP contribution >= 0.6 is 12.2 Å². The number of rotatable bonds is 5. The van der Waals surface area contributed by atoms with E-state index < -0.39 is 0 Å². The van der Waals surface area contributed by atoms with Crippen LogP contribution in [0.25, 0.3) is 0 Å². The Kier molecular flexibility index (Phi) is 6.96. The molecule has 0 rings (SSSR count). The lowest BCUT2D eigenvalue weighted by Crippen LogP contribution is -2.38. The standard InChI is InChI=1S/C10H22N2S/c1-5-6-11-10(13)12-7-9(4)8(2)3/h8-9H,5-7H2,1-4H3,(H2,11,12,13). The molecule has 0 heterocycles. The molecule has 0 fully saturated rings. The maximum Gasteiger partial charge on any atom is 0.166 e. The molecule has 0 spiro atoms. The molecule has 1 atom stereocenters. The zero-order chi connectivity index (χ0) is 10.3. The van der Waals surface area contributed by atoms with E-state index in [-0.39, 0.29) is 0 Å². The Balaban J connectivity index is 3.46. The van der Waals surface area contributed by atoms with Crippen LogP contribution in [0.4, 0.5) is 0 Å². The molecule has 0 aromatic heterocycles.